The van der Waals surface area contributed by atoms with Crippen LogP contribution < -0.4 is 0 Å². The predicted molar refractivity (Wildman–Crippen MR) is 111 cm³/mol. The number of hydrogen-bond acceptors (Lipinski definition) is 2. The smallest absolute Gasteiger partial charge is 0.141 e. The van der Waals surface area contributed by atoms with E-state index in [1.54, 1.807) is 0 Å². The Morgan fingerprint density at radius 3 is 2.31 bits per heavy atom. The first kappa shape index (κ1) is 16.4. The monoisotopic (exact) mass is 340 g/mol. The Morgan fingerprint density at radius 2 is 1.54 bits per heavy atom. The molecule has 26 heavy (non-hydrogen) atoms. The lowest BCUT2D eigenvalue weighted by Gasteiger charge is -2.12. The summed E-state index contributed by atoms with van der Waals surface area (Å²) in [5, 5.41) is 7.83. The van der Waals surface area contributed by atoms with Crippen LogP contribution in [0.2, 0.25) is 0 Å². The van der Waals surface area contributed by atoms with Gasteiger partial charge in [-0.1, -0.05) is 54.6 Å². The normalized spacial score (nSPS) is 11.0. The highest BCUT2D eigenvalue weighted by molar-refractivity contribution is 6.23. The van der Waals surface area contributed by atoms with Gasteiger partial charge in [-0.05, 0) is 37.9 Å². The Hall–Kier alpha value is -3.03. The van der Waals surface area contributed by atoms with Crippen molar-refractivity contribution in [3.8, 4) is 0 Å². The van der Waals surface area contributed by atoms with Crippen LogP contribution in [0.1, 0.15) is 12.0 Å². The highest BCUT2D eigenvalue weighted by atomic mass is 14.9. The van der Waals surface area contributed by atoms with Crippen molar-refractivity contribution in [3.05, 3.63) is 60.2 Å². The summed E-state index contributed by atoms with van der Waals surface area (Å²) in [5.41, 5.74) is 1.22. The highest BCUT2D eigenvalue weighted by Gasteiger charge is 2.10. The van der Waals surface area contributed by atoms with E-state index in [0.29, 0.717) is 6.54 Å². The molecule has 0 fully saturated rings. The maximum atomic E-state index is 4.40. The fourth-order valence-electron chi connectivity index (χ4n) is 3.53. The van der Waals surface area contributed by atoms with E-state index < -0.39 is 0 Å². The molecule has 0 aliphatic carbocycles. The summed E-state index contributed by atoms with van der Waals surface area (Å²) in [5.74, 6) is 0. The zero-order valence-corrected chi connectivity index (χ0v) is 15.2. The summed E-state index contributed by atoms with van der Waals surface area (Å²) >= 11 is 0. The van der Waals surface area contributed by atoms with Gasteiger partial charge in [-0.2, -0.15) is 0 Å². The lowest BCUT2D eigenvalue weighted by Crippen LogP contribution is -1.99. The molecule has 4 aromatic rings. The van der Waals surface area contributed by atoms with Crippen LogP contribution in [0, 0.1) is 0 Å². The zero-order chi connectivity index (χ0) is 17.9. The minimum absolute atomic E-state index is 0.606. The van der Waals surface area contributed by atoms with Crippen molar-refractivity contribution in [1.82, 2.24) is 0 Å². The summed E-state index contributed by atoms with van der Waals surface area (Å²) in [6.07, 6.45) is 3.01. The third-order valence-corrected chi connectivity index (χ3v) is 4.74. The molecule has 0 saturated carbocycles. The molecule has 3 heteroatoms. The summed E-state index contributed by atoms with van der Waals surface area (Å²) in [6, 6.07) is 22.6. The van der Waals surface area contributed by atoms with Crippen LogP contribution in [-0.4, -0.2) is 37.4 Å². The first-order valence-electron chi connectivity index (χ1n) is 8.97. The molecule has 0 saturated heterocycles. The number of aliphatic imine (C=N–C) groups is 2. The molecular weight excluding hydrogens is 318 g/mol. The van der Waals surface area contributed by atoms with Crippen molar-refractivity contribution >= 4 is 44.5 Å². The quantitative estimate of drug-likeness (QED) is 0.212. The van der Waals surface area contributed by atoms with Crippen LogP contribution in [0.25, 0.3) is 32.3 Å². The van der Waals surface area contributed by atoms with Crippen molar-refractivity contribution in [2.45, 2.75) is 13.0 Å². The highest BCUT2D eigenvalue weighted by Crippen LogP contribution is 2.35. The van der Waals surface area contributed by atoms with E-state index >= 15 is 0 Å². The maximum absolute atomic E-state index is 4.40. The molecule has 0 N–H and O–H groups in total. The molecule has 128 valence electrons. The Balaban J connectivity index is 1.68. The Bertz CT molecular complexity index is 1140. The summed E-state index contributed by atoms with van der Waals surface area (Å²) in [4.78, 5) is 8.64. The third kappa shape index (κ3) is 3.10. The minimum Gasteiger partial charge on any atom is -0.245 e. The van der Waals surface area contributed by atoms with E-state index in [4.69, 9.17) is 0 Å². The summed E-state index contributed by atoms with van der Waals surface area (Å²) in [7, 11) is 4.04. The molecule has 0 aliphatic rings. The Morgan fingerprint density at radius 1 is 0.846 bits per heavy atom. The van der Waals surface area contributed by atoms with Gasteiger partial charge in [0.25, 0.3) is 0 Å². The molecule has 4 aromatic carbocycles. The van der Waals surface area contributed by atoms with Gasteiger partial charge in [0, 0.05) is 6.42 Å². The molecule has 0 spiro atoms. The predicted octanol–water partition coefficient (Wildman–Crippen LogP) is 4.99. The van der Waals surface area contributed by atoms with E-state index in [-0.39, 0.29) is 0 Å². The molecule has 0 radical (unpaired) electrons. The second kappa shape index (κ2) is 7.07. The molecule has 0 amide bonds. The topological polar surface area (TPSA) is 27.7 Å². The molecule has 0 atom stereocenters. The van der Waals surface area contributed by atoms with Crippen molar-refractivity contribution in [2.24, 2.45) is 9.98 Å². The molecule has 0 aliphatic heterocycles. The molecule has 0 bridgehead atoms. The average molecular weight is 340 g/mol. The van der Waals surface area contributed by atoms with E-state index in [0.717, 1.165) is 13.0 Å². The first-order valence-corrected chi connectivity index (χ1v) is 8.97. The standard InChI is InChI=1S/C23H22N3/c1-26(2)14-4-13-24-16-25-15-20-10-9-19-8-7-17-5-3-6-18-11-12-21(20)23(19)22(17)18/h3,5-12,14H,4,13,15H2,1-2H3/q+1. The van der Waals surface area contributed by atoms with Crippen LogP contribution in [0.15, 0.2) is 64.6 Å². The Labute approximate surface area is 153 Å². The fraction of sp³-hybridized carbons (Fsp3) is 0.217. The first-order chi connectivity index (χ1) is 12.7. The van der Waals surface area contributed by atoms with E-state index in [9.17, 15) is 0 Å². The molecular formula is C23H22N3+. The van der Waals surface area contributed by atoms with Gasteiger partial charge in [0.1, 0.15) is 20.3 Å². The van der Waals surface area contributed by atoms with Crippen molar-refractivity contribution in [3.63, 3.8) is 0 Å². The van der Waals surface area contributed by atoms with Gasteiger partial charge in [0.15, 0.2) is 0 Å². The maximum Gasteiger partial charge on any atom is 0.141 e. The van der Waals surface area contributed by atoms with Crippen LogP contribution in [0.4, 0.5) is 0 Å². The van der Waals surface area contributed by atoms with E-state index in [2.05, 4.69) is 76.8 Å². The summed E-state index contributed by atoms with van der Waals surface area (Å²) < 4.78 is 2.04. The third-order valence-electron chi connectivity index (χ3n) is 4.74. The number of nitrogens with zero attached hydrogens (tertiary/aromatic N) is 3. The number of rotatable bonds is 5. The van der Waals surface area contributed by atoms with E-state index in [1.165, 1.54) is 37.9 Å². The number of benzene rings is 4. The number of hydrogen-bond donors (Lipinski definition) is 0. The van der Waals surface area contributed by atoms with Gasteiger partial charge in [-0.25, -0.2) is 14.6 Å². The van der Waals surface area contributed by atoms with Crippen molar-refractivity contribution in [1.29, 1.82) is 0 Å². The van der Waals surface area contributed by atoms with Crippen LogP contribution >= 0.6 is 0 Å². The van der Waals surface area contributed by atoms with Gasteiger partial charge in [-0.15, -0.1) is 0 Å². The minimum atomic E-state index is 0.606. The second-order valence-electron chi connectivity index (χ2n) is 6.81. The molecule has 0 heterocycles. The van der Waals surface area contributed by atoms with Crippen molar-refractivity contribution < 1.29 is 4.58 Å². The Kier molecular flexibility index (Phi) is 4.47. The zero-order valence-electron chi connectivity index (χ0n) is 15.2. The molecule has 4 rings (SSSR count). The van der Waals surface area contributed by atoms with Crippen molar-refractivity contribution in [2.75, 3.05) is 20.6 Å². The van der Waals surface area contributed by atoms with Crippen LogP contribution in [-0.2, 0) is 6.54 Å². The lowest BCUT2D eigenvalue weighted by atomic mass is 9.92. The second-order valence-corrected chi connectivity index (χ2v) is 6.81. The van der Waals surface area contributed by atoms with Gasteiger partial charge in [-0.3, -0.25) is 0 Å². The van der Waals surface area contributed by atoms with Gasteiger partial charge >= 0.3 is 0 Å². The molecule has 0 unspecified atom stereocenters. The lowest BCUT2D eigenvalue weighted by molar-refractivity contribution is -0.460. The molecule has 3 nitrogen and oxygen atoms in total. The van der Waals surface area contributed by atoms with Gasteiger partial charge in [0.05, 0.1) is 19.1 Å². The summed E-state index contributed by atoms with van der Waals surface area (Å²) in [6.45, 7) is 1.33. The van der Waals surface area contributed by atoms with Gasteiger partial charge < -0.3 is 0 Å². The SMILES string of the molecule is C[N+](C)=CCCN=C=NCc1ccc2ccc3cccc4ccc1c2c34. The van der Waals surface area contributed by atoms with E-state index in [1.807, 2.05) is 18.7 Å². The fourth-order valence-corrected chi connectivity index (χ4v) is 3.53. The van der Waals surface area contributed by atoms with Crippen LogP contribution in [0.3, 0.4) is 0 Å². The van der Waals surface area contributed by atoms with Gasteiger partial charge in [0.2, 0.25) is 0 Å². The largest absolute Gasteiger partial charge is 0.245 e. The average Bonchev–Trinajstić information content (AvgIpc) is 2.66. The molecule has 0 aromatic heterocycles. The van der Waals surface area contributed by atoms with Crippen LogP contribution in [0.5, 0.6) is 0 Å².